The van der Waals surface area contributed by atoms with Crippen LogP contribution in [-0.2, 0) is 29.3 Å². The highest BCUT2D eigenvalue weighted by molar-refractivity contribution is 7.84. The van der Waals surface area contributed by atoms with Crippen molar-refractivity contribution in [1.29, 1.82) is 0 Å². The number of rotatable bonds is 5. The van der Waals surface area contributed by atoms with Gasteiger partial charge in [0.15, 0.2) is 0 Å². The molecule has 0 aliphatic heterocycles. The van der Waals surface area contributed by atoms with Crippen molar-refractivity contribution in [2.24, 2.45) is 7.05 Å². The second-order valence-corrected chi connectivity index (χ2v) is 6.21. The Labute approximate surface area is 126 Å². The average Bonchev–Trinajstić information content (AvgIpc) is 2.82. The standard InChI is InChI=1S/C8H14N2.C7H8O3S/c1-3-4-5-8-9-6-7-10(8)2;8-11(9,10)6-7-4-2-1-3-5-7/h6-7H,3-5H2,1-2H3;1-5H,6H2,(H,8,9,10). The number of H-pyrrole nitrogens is 1. The van der Waals surface area contributed by atoms with E-state index in [4.69, 9.17) is 0 Å². The summed E-state index contributed by atoms with van der Waals surface area (Å²) in [4.78, 5) is 3.20. The second-order valence-electron chi connectivity index (χ2n) is 4.81. The maximum atomic E-state index is 10.2. The molecule has 0 spiro atoms. The van der Waals surface area contributed by atoms with Crippen LogP contribution in [0.2, 0.25) is 0 Å². The van der Waals surface area contributed by atoms with Crippen molar-refractivity contribution >= 4 is 10.1 Å². The van der Waals surface area contributed by atoms with Gasteiger partial charge in [0.1, 0.15) is 12.4 Å². The monoisotopic (exact) mass is 310 g/mol. The fourth-order valence-corrected chi connectivity index (χ4v) is 2.41. The Balaban J connectivity index is 0.000000211. The third kappa shape index (κ3) is 7.63. The molecule has 1 aromatic heterocycles. The van der Waals surface area contributed by atoms with Crippen molar-refractivity contribution in [2.75, 3.05) is 0 Å². The summed E-state index contributed by atoms with van der Waals surface area (Å²) in [5.41, 5.74) is 0.530. The van der Waals surface area contributed by atoms with Gasteiger partial charge >= 0.3 is 0 Å². The molecular formula is C15H22N2O3S. The number of aryl methyl sites for hydroxylation is 2. The molecule has 1 aromatic carbocycles. The minimum Gasteiger partial charge on any atom is -0.748 e. The van der Waals surface area contributed by atoms with Crippen molar-refractivity contribution < 1.29 is 17.5 Å². The zero-order chi connectivity index (χ0) is 15.7. The number of aromatic amines is 1. The van der Waals surface area contributed by atoms with Gasteiger partial charge in [0.25, 0.3) is 5.82 Å². The lowest BCUT2D eigenvalue weighted by atomic mass is 10.2. The largest absolute Gasteiger partial charge is 0.748 e. The lowest BCUT2D eigenvalue weighted by molar-refractivity contribution is -0.677. The molecule has 0 atom stereocenters. The number of unbranched alkanes of at least 4 members (excludes halogenated alkanes) is 1. The summed E-state index contributed by atoms with van der Waals surface area (Å²) in [5, 5.41) is 0. The fourth-order valence-electron chi connectivity index (χ4n) is 1.81. The zero-order valence-electron chi connectivity index (χ0n) is 12.5. The van der Waals surface area contributed by atoms with E-state index in [9.17, 15) is 13.0 Å². The molecule has 6 heteroatoms. The van der Waals surface area contributed by atoms with E-state index >= 15 is 0 Å². The van der Waals surface area contributed by atoms with E-state index in [0.29, 0.717) is 5.56 Å². The Morgan fingerprint density at radius 2 is 1.90 bits per heavy atom. The summed E-state index contributed by atoms with van der Waals surface area (Å²) in [6, 6.07) is 8.37. The zero-order valence-corrected chi connectivity index (χ0v) is 13.3. The quantitative estimate of drug-likeness (QED) is 0.677. The van der Waals surface area contributed by atoms with Crippen LogP contribution in [0.1, 0.15) is 31.2 Å². The first kappa shape index (κ1) is 17.4. The second kappa shape index (κ2) is 8.59. The first-order valence-electron chi connectivity index (χ1n) is 6.91. The van der Waals surface area contributed by atoms with Gasteiger partial charge in [0, 0.05) is 6.42 Å². The summed E-state index contributed by atoms with van der Waals surface area (Å²) in [5.74, 6) is 0.898. The lowest BCUT2D eigenvalue weighted by Crippen LogP contribution is -2.30. The number of nitrogens with zero attached hydrogens (tertiary/aromatic N) is 1. The molecule has 0 saturated carbocycles. The predicted octanol–water partition coefficient (Wildman–Crippen LogP) is 1.91. The summed E-state index contributed by atoms with van der Waals surface area (Å²) in [6.45, 7) is 2.21. The van der Waals surface area contributed by atoms with Crippen molar-refractivity contribution in [1.82, 2.24) is 4.98 Å². The van der Waals surface area contributed by atoms with Gasteiger partial charge in [0.2, 0.25) is 0 Å². The van der Waals surface area contributed by atoms with Crippen LogP contribution < -0.4 is 4.57 Å². The Bertz CT molecular complexity index is 621. The van der Waals surface area contributed by atoms with Gasteiger partial charge in [-0.2, -0.15) is 0 Å². The molecular weight excluding hydrogens is 288 g/mol. The van der Waals surface area contributed by atoms with Gasteiger partial charge in [0.05, 0.1) is 22.9 Å². The molecule has 0 aliphatic carbocycles. The van der Waals surface area contributed by atoms with E-state index in [1.54, 1.807) is 30.3 Å². The van der Waals surface area contributed by atoms with Crippen LogP contribution in [0, 0.1) is 0 Å². The van der Waals surface area contributed by atoms with Crippen LogP contribution in [0.5, 0.6) is 0 Å². The molecule has 0 aliphatic rings. The molecule has 21 heavy (non-hydrogen) atoms. The van der Waals surface area contributed by atoms with Crippen LogP contribution in [0.3, 0.4) is 0 Å². The van der Waals surface area contributed by atoms with Gasteiger partial charge in [-0.15, -0.1) is 0 Å². The molecule has 5 nitrogen and oxygen atoms in total. The topological polar surface area (TPSA) is 76.9 Å². The highest BCUT2D eigenvalue weighted by atomic mass is 32.2. The van der Waals surface area contributed by atoms with Gasteiger partial charge < -0.3 is 4.55 Å². The molecule has 1 heterocycles. The molecule has 2 aromatic rings. The number of aromatic nitrogens is 2. The first-order valence-corrected chi connectivity index (χ1v) is 8.49. The highest BCUT2D eigenvalue weighted by Gasteiger charge is 2.03. The van der Waals surface area contributed by atoms with Gasteiger partial charge in [-0.1, -0.05) is 43.7 Å². The maximum absolute atomic E-state index is 10.2. The molecule has 0 saturated heterocycles. The first-order chi connectivity index (χ1) is 9.92. The minimum atomic E-state index is -4.13. The normalized spacial score (nSPS) is 10.8. The smallest absolute Gasteiger partial charge is 0.253 e. The van der Waals surface area contributed by atoms with E-state index < -0.39 is 15.9 Å². The number of imidazole rings is 1. The molecule has 2 rings (SSSR count). The highest BCUT2D eigenvalue weighted by Crippen LogP contribution is 2.02. The summed E-state index contributed by atoms with van der Waals surface area (Å²) in [7, 11) is -2.06. The SMILES string of the molecule is CCCCc1[nH]cc[n+]1C.O=S(=O)([O-])Cc1ccccc1. The summed E-state index contributed by atoms with van der Waals surface area (Å²) in [6.07, 6.45) is 7.73. The Morgan fingerprint density at radius 1 is 1.24 bits per heavy atom. The van der Waals surface area contributed by atoms with Crippen LogP contribution in [0.15, 0.2) is 42.7 Å². The van der Waals surface area contributed by atoms with Gasteiger partial charge in [-0.25, -0.2) is 18.0 Å². The minimum absolute atomic E-state index is 0.423. The van der Waals surface area contributed by atoms with Crippen LogP contribution >= 0.6 is 0 Å². The fraction of sp³-hybridized carbons (Fsp3) is 0.400. The van der Waals surface area contributed by atoms with Gasteiger partial charge in [-0.3, -0.25) is 0 Å². The molecule has 0 fully saturated rings. The number of nitrogens with one attached hydrogen (secondary N) is 1. The molecule has 116 valence electrons. The van der Waals surface area contributed by atoms with E-state index in [1.165, 1.54) is 25.1 Å². The van der Waals surface area contributed by atoms with Crippen molar-refractivity contribution in [2.45, 2.75) is 31.9 Å². The van der Waals surface area contributed by atoms with E-state index in [1.807, 2.05) is 12.4 Å². The van der Waals surface area contributed by atoms with E-state index in [0.717, 1.165) is 0 Å². The molecule has 0 bridgehead atoms. The van der Waals surface area contributed by atoms with Crippen LogP contribution in [0.25, 0.3) is 0 Å². The van der Waals surface area contributed by atoms with Gasteiger partial charge in [-0.05, 0) is 12.0 Å². The molecule has 0 unspecified atom stereocenters. The van der Waals surface area contributed by atoms with Crippen molar-refractivity contribution in [3.05, 3.63) is 54.1 Å². The number of benzene rings is 1. The Hall–Kier alpha value is -1.66. The lowest BCUT2D eigenvalue weighted by Gasteiger charge is -2.05. The average molecular weight is 310 g/mol. The van der Waals surface area contributed by atoms with Crippen molar-refractivity contribution in [3.63, 3.8) is 0 Å². The van der Waals surface area contributed by atoms with E-state index in [2.05, 4.69) is 23.5 Å². The third-order valence-corrected chi connectivity index (χ3v) is 3.61. The van der Waals surface area contributed by atoms with E-state index in [-0.39, 0.29) is 0 Å². The number of hydrogen-bond donors (Lipinski definition) is 1. The molecule has 1 N–H and O–H groups in total. The third-order valence-electron chi connectivity index (χ3n) is 2.93. The van der Waals surface area contributed by atoms with Crippen LogP contribution in [0.4, 0.5) is 0 Å². The molecule has 0 amide bonds. The van der Waals surface area contributed by atoms with Crippen LogP contribution in [-0.4, -0.2) is 18.0 Å². The summed E-state index contributed by atoms with van der Waals surface area (Å²) >= 11 is 0. The number of hydrogen-bond acceptors (Lipinski definition) is 3. The predicted molar refractivity (Wildman–Crippen MR) is 80.4 cm³/mol. The Morgan fingerprint density at radius 3 is 2.38 bits per heavy atom. The summed E-state index contributed by atoms with van der Waals surface area (Å²) < 4.78 is 32.9. The maximum Gasteiger partial charge on any atom is 0.253 e. The Kier molecular flexibility index (Phi) is 7.11. The van der Waals surface area contributed by atoms with Crippen molar-refractivity contribution in [3.8, 4) is 0 Å². The molecule has 0 radical (unpaired) electrons.